The third-order valence-corrected chi connectivity index (χ3v) is 2.72. The monoisotopic (exact) mass is 236 g/mol. The second kappa shape index (κ2) is 5.14. The Morgan fingerprint density at radius 3 is 2.76 bits per heavy atom. The molecule has 92 valence electrons. The van der Waals surface area contributed by atoms with Crippen LogP contribution in [0.2, 0.25) is 0 Å². The lowest BCUT2D eigenvalue weighted by atomic mass is 10.1. The van der Waals surface area contributed by atoms with E-state index in [4.69, 9.17) is 5.84 Å². The van der Waals surface area contributed by atoms with Gasteiger partial charge in [-0.25, -0.2) is 15.2 Å². The standard InChI is InChI=1S/C12H17FN4/c1-8(10-4-2-3-5-11(10)13)15-12(17-14)16-9-6-7-9/h2-5,8-9H,6-7,14H2,1H3,(H2,15,16,17). The van der Waals surface area contributed by atoms with Crippen molar-refractivity contribution < 1.29 is 4.39 Å². The first-order valence-electron chi connectivity index (χ1n) is 5.76. The Hall–Kier alpha value is -1.62. The van der Waals surface area contributed by atoms with Gasteiger partial charge in [-0.05, 0) is 25.8 Å². The van der Waals surface area contributed by atoms with Crippen molar-refractivity contribution in [3.05, 3.63) is 35.6 Å². The first-order chi connectivity index (χ1) is 8.20. The summed E-state index contributed by atoms with van der Waals surface area (Å²) in [7, 11) is 0. The molecule has 1 unspecified atom stereocenters. The number of rotatable bonds is 3. The van der Waals surface area contributed by atoms with E-state index in [2.05, 4.69) is 15.7 Å². The van der Waals surface area contributed by atoms with Gasteiger partial charge in [0.2, 0.25) is 5.96 Å². The number of aliphatic imine (C=N–C) groups is 1. The van der Waals surface area contributed by atoms with Crippen LogP contribution in [0.3, 0.4) is 0 Å². The maximum Gasteiger partial charge on any atom is 0.206 e. The summed E-state index contributed by atoms with van der Waals surface area (Å²) in [5.41, 5.74) is 3.11. The molecular weight excluding hydrogens is 219 g/mol. The first kappa shape index (κ1) is 11.9. The van der Waals surface area contributed by atoms with E-state index in [-0.39, 0.29) is 11.9 Å². The minimum atomic E-state index is -0.227. The predicted octanol–water partition coefficient (Wildman–Crippen LogP) is 1.46. The average molecular weight is 236 g/mol. The van der Waals surface area contributed by atoms with Gasteiger partial charge < -0.3 is 5.32 Å². The zero-order valence-corrected chi connectivity index (χ0v) is 9.78. The van der Waals surface area contributed by atoms with E-state index < -0.39 is 0 Å². The van der Waals surface area contributed by atoms with Gasteiger partial charge >= 0.3 is 0 Å². The normalized spacial score (nSPS) is 17.7. The van der Waals surface area contributed by atoms with Crippen molar-refractivity contribution in [3.63, 3.8) is 0 Å². The zero-order valence-electron chi connectivity index (χ0n) is 9.78. The van der Waals surface area contributed by atoms with Crippen LogP contribution in [-0.2, 0) is 0 Å². The van der Waals surface area contributed by atoms with Crippen molar-refractivity contribution in [2.45, 2.75) is 31.8 Å². The average Bonchev–Trinajstić information content (AvgIpc) is 3.12. The fraction of sp³-hybridized carbons (Fsp3) is 0.417. The summed E-state index contributed by atoms with van der Waals surface area (Å²) in [5, 5.41) is 3.07. The molecule has 1 aromatic rings. The van der Waals surface area contributed by atoms with Crippen molar-refractivity contribution in [1.29, 1.82) is 0 Å². The highest BCUT2D eigenvalue weighted by atomic mass is 19.1. The molecule has 1 fully saturated rings. The van der Waals surface area contributed by atoms with Crippen LogP contribution < -0.4 is 16.6 Å². The van der Waals surface area contributed by atoms with Crippen LogP contribution in [0.5, 0.6) is 0 Å². The predicted molar refractivity (Wildman–Crippen MR) is 65.7 cm³/mol. The Labute approximate surface area is 100 Å². The molecule has 1 saturated carbocycles. The topological polar surface area (TPSA) is 62.4 Å². The van der Waals surface area contributed by atoms with E-state index in [0.717, 1.165) is 12.8 Å². The molecule has 0 radical (unpaired) electrons. The van der Waals surface area contributed by atoms with E-state index >= 15 is 0 Å². The van der Waals surface area contributed by atoms with Gasteiger partial charge in [-0.15, -0.1) is 0 Å². The fourth-order valence-electron chi connectivity index (χ4n) is 1.61. The second-order valence-electron chi connectivity index (χ2n) is 4.24. The number of nitrogens with two attached hydrogens (primary N) is 1. The van der Waals surface area contributed by atoms with Crippen molar-refractivity contribution in [1.82, 2.24) is 10.7 Å². The minimum Gasteiger partial charge on any atom is -0.349 e. The van der Waals surface area contributed by atoms with Crippen molar-refractivity contribution in [3.8, 4) is 0 Å². The quantitative estimate of drug-likeness (QED) is 0.322. The van der Waals surface area contributed by atoms with Gasteiger partial charge in [0.1, 0.15) is 5.82 Å². The van der Waals surface area contributed by atoms with Crippen LogP contribution in [0.15, 0.2) is 29.3 Å². The second-order valence-corrected chi connectivity index (χ2v) is 4.24. The summed E-state index contributed by atoms with van der Waals surface area (Å²) in [6.45, 7) is 1.87. The van der Waals surface area contributed by atoms with Crippen LogP contribution in [0.4, 0.5) is 4.39 Å². The van der Waals surface area contributed by atoms with Crippen molar-refractivity contribution in [2.24, 2.45) is 10.8 Å². The molecule has 1 aliphatic rings. The van der Waals surface area contributed by atoms with Gasteiger partial charge in [-0.2, -0.15) is 0 Å². The summed E-state index contributed by atoms with van der Waals surface area (Å²) in [6.07, 6.45) is 2.20. The SMILES string of the molecule is CC(NC(=NC1CC1)NN)c1ccccc1F. The Balaban J connectivity index is 2.04. The number of hydrogen-bond acceptors (Lipinski definition) is 2. The van der Waals surface area contributed by atoms with Crippen LogP contribution in [0.25, 0.3) is 0 Å². The molecule has 0 saturated heterocycles. The van der Waals surface area contributed by atoms with Gasteiger partial charge in [0.25, 0.3) is 0 Å². The molecule has 4 N–H and O–H groups in total. The third-order valence-electron chi connectivity index (χ3n) is 2.72. The van der Waals surface area contributed by atoms with Gasteiger partial charge in [-0.3, -0.25) is 5.43 Å². The highest BCUT2D eigenvalue weighted by molar-refractivity contribution is 5.80. The largest absolute Gasteiger partial charge is 0.349 e. The summed E-state index contributed by atoms with van der Waals surface area (Å²) in [6, 6.07) is 6.86. The molecule has 1 atom stereocenters. The number of guanidine groups is 1. The Morgan fingerprint density at radius 2 is 2.18 bits per heavy atom. The van der Waals surface area contributed by atoms with Gasteiger partial charge in [0.05, 0.1) is 12.1 Å². The number of hydrazine groups is 1. The van der Waals surface area contributed by atoms with E-state index in [1.165, 1.54) is 6.07 Å². The summed E-state index contributed by atoms with van der Waals surface area (Å²) in [5.74, 6) is 5.67. The van der Waals surface area contributed by atoms with Gasteiger partial charge in [-0.1, -0.05) is 18.2 Å². The minimum absolute atomic E-state index is 0.176. The number of nitrogens with zero attached hydrogens (tertiary/aromatic N) is 1. The highest BCUT2D eigenvalue weighted by Crippen LogP contribution is 2.23. The molecule has 0 spiro atoms. The number of nitrogens with one attached hydrogen (secondary N) is 2. The van der Waals surface area contributed by atoms with Crippen molar-refractivity contribution >= 4 is 5.96 Å². The lowest BCUT2D eigenvalue weighted by Gasteiger charge is -2.17. The van der Waals surface area contributed by atoms with E-state index in [9.17, 15) is 4.39 Å². The maximum atomic E-state index is 13.5. The smallest absolute Gasteiger partial charge is 0.206 e. The van der Waals surface area contributed by atoms with Gasteiger partial charge in [0, 0.05) is 5.56 Å². The molecule has 0 amide bonds. The van der Waals surface area contributed by atoms with E-state index in [1.807, 2.05) is 13.0 Å². The Morgan fingerprint density at radius 1 is 1.47 bits per heavy atom. The lowest BCUT2D eigenvalue weighted by molar-refractivity contribution is 0.575. The molecule has 0 bridgehead atoms. The van der Waals surface area contributed by atoms with Crippen LogP contribution >= 0.6 is 0 Å². The molecule has 5 heteroatoms. The summed E-state index contributed by atoms with van der Waals surface area (Å²) < 4.78 is 13.5. The summed E-state index contributed by atoms with van der Waals surface area (Å²) >= 11 is 0. The van der Waals surface area contributed by atoms with Crippen LogP contribution in [0, 0.1) is 5.82 Å². The molecule has 4 nitrogen and oxygen atoms in total. The van der Waals surface area contributed by atoms with Crippen molar-refractivity contribution in [2.75, 3.05) is 0 Å². The molecular formula is C12H17FN4. The molecule has 1 aromatic carbocycles. The molecule has 0 aromatic heterocycles. The lowest BCUT2D eigenvalue weighted by Crippen LogP contribution is -2.43. The summed E-state index contributed by atoms with van der Waals surface area (Å²) in [4.78, 5) is 4.35. The fourth-order valence-corrected chi connectivity index (χ4v) is 1.61. The number of benzene rings is 1. The van der Waals surface area contributed by atoms with E-state index in [0.29, 0.717) is 17.6 Å². The molecule has 0 heterocycles. The van der Waals surface area contributed by atoms with Crippen LogP contribution in [0.1, 0.15) is 31.4 Å². The first-order valence-corrected chi connectivity index (χ1v) is 5.76. The molecule has 1 aliphatic carbocycles. The highest BCUT2D eigenvalue weighted by Gasteiger charge is 2.21. The molecule has 2 rings (SSSR count). The number of halogens is 1. The van der Waals surface area contributed by atoms with E-state index in [1.54, 1.807) is 12.1 Å². The Kier molecular flexibility index (Phi) is 3.58. The third kappa shape index (κ3) is 3.17. The van der Waals surface area contributed by atoms with Crippen LogP contribution in [-0.4, -0.2) is 12.0 Å². The van der Waals surface area contributed by atoms with Gasteiger partial charge in [0.15, 0.2) is 0 Å². The molecule has 0 aliphatic heterocycles. The molecule has 17 heavy (non-hydrogen) atoms. The maximum absolute atomic E-state index is 13.5. The zero-order chi connectivity index (χ0) is 12.3. The Bertz CT molecular complexity index is 415. The number of hydrogen-bond donors (Lipinski definition) is 3.